The molecule has 0 saturated carbocycles. The highest BCUT2D eigenvalue weighted by atomic mass is 32.2. The van der Waals surface area contributed by atoms with Crippen molar-refractivity contribution in [2.75, 3.05) is 6.54 Å². The van der Waals surface area contributed by atoms with Gasteiger partial charge in [0.1, 0.15) is 5.75 Å². The lowest BCUT2D eigenvalue weighted by atomic mass is 10.2. The summed E-state index contributed by atoms with van der Waals surface area (Å²) in [6, 6.07) is 6.79. The van der Waals surface area contributed by atoms with Gasteiger partial charge in [-0.15, -0.1) is 11.8 Å². The predicted molar refractivity (Wildman–Crippen MR) is 60.9 cm³/mol. The first kappa shape index (κ1) is 11.7. The molecule has 1 aliphatic heterocycles. The van der Waals surface area contributed by atoms with Crippen LogP contribution in [0.4, 0.5) is 8.78 Å². The minimum atomic E-state index is -2.76. The van der Waals surface area contributed by atoms with E-state index in [4.69, 9.17) is 0 Å². The van der Waals surface area contributed by atoms with E-state index in [1.54, 1.807) is 12.1 Å². The van der Waals surface area contributed by atoms with Crippen LogP contribution in [0.15, 0.2) is 24.3 Å². The minimum absolute atomic E-state index is 0.204. The van der Waals surface area contributed by atoms with Gasteiger partial charge in [-0.25, -0.2) is 0 Å². The number of halogens is 2. The van der Waals surface area contributed by atoms with E-state index in [0.29, 0.717) is 5.25 Å². The van der Waals surface area contributed by atoms with Crippen molar-refractivity contribution in [1.82, 2.24) is 5.32 Å². The first-order chi connectivity index (χ1) is 7.65. The lowest BCUT2D eigenvalue weighted by Gasteiger charge is -2.11. The van der Waals surface area contributed by atoms with Crippen molar-refractivity contribution >= 4 is 11.8 Å². The molecule has 0 amide bonds. The van der Waals surface area contributed by atoms with Crippen LogP contribution in [0.1, 0.15) is 17.9 Å². The van der Waals surface area contributed by atoms with E-state index >= 15 is 0 Å². The van der Waals surface area contributed by atoms with E-state index in [-0.39, 0.29) is 11.1 Å². The minimum Gasteiger partial charge on any atom is -0.435 e. The molecule has 88 valence electrons. The number of benzene rings is 1. The summed E-state index contributed by atoms with van der Waals surface area (Å²) in [6.45, 7) is 0.376. The van der Waals surface area contributed by atoms with Crippen molar-refractivity contribution in [3.8, 4) is 5.75 Å². The van der Waals surface area contributed by atoms with E-state index in [1.165, 1.54) is 0 Å². The second kappa shape index (κ2) is 5.01. The van der Waals surface area contributed by atoms with Crippen molar-refractivity contribution in [1.29, 1.82) is 0 Å². The molecule has 5 heteroatoms. The fraction of sp³-hybridized carbons (Fsp3) is 0.455. The number of ether oxygens (including phenoxy) is 1. The molecule has 1 aromatic carbocycles. The van der Waals surface area contributed by atoms with Crippen molar-refractivity contribution in [3.63, 3.8) is 0 Å². The maximum absolute atomic E-state index is 11.9. The summed E-state index contributed by atoms with van der Waals surface area (Å²) in [5.74, 6) is 0.204. The Morgan fingerprint density at radius 3 is 2.56 bits per heavy atom. The molecule has 16 heavy (non-hydrogen) atoms. The molecule has 1 aromatic rings. The fourth-order valence-electron chi connectivity index (χ4n) is 1.62. The third kappa shape index (κ3) is 2.86. The van der Waals surface area contributed by atoms with Gasteiger partial charge >= 0.3 is 6.61 Å². The summed E-state index contributed by atoms with van der Waals surface area (Å²) in [7, 11) is 0. The second-order valence-corrected chi connectivity index (χ2v) is 5.23. The highest BCUT2D eigenvalue weighted by molar-refractivity contribution is 8.00. The first-order valence-electron chi connectivity index (χ1n) is 5.09. The molecule has 2 unspecified atom stereocenters. The van der Waals surface area contributed by atoms with Gasteiger partial charge in [-0.3, -0.25) is 0 Å². The van der Waals surface area contributed by atoms with Gasteiger partial charge in [-0.2, -0.15) is 8.78 Å². The lowest BCUT2D eigenvalue weighted by Crippen LogP contribution is -2.13. The molecule has 0 radical (unpaired) electrons. The number of rotatable bonds is 3. The molecule has 0 bridgehead atoms. The van der Waals surface area contributed by atoms with E-state index < -0.39 is 6.61 Å². The Morgan fingerprint density at radius 1 is 1.38 bits per heavy atom. The van der Waals surface area contributed by atoms with E-state index in [1.807, 2.05) is 23.9 Å². The predicted octanol–water partition coefficient (Wildman–Crippen LogP) is 3.01. The average Bonchev–Trinajstić information content (AvgIpc) is 2.65. The quantitative estimate of drug-likeness (QED) is 0.884. The number of nitrogens with one attached hydrogen (secondary N) is 1. The maximum atomic E-state index is 11.9. The van der Waals surface area contributed by atoms with E-state index in [2.05, 4.69) is 17.0 Å². The van der Waals surface area contributed by atoms with Crippen LogP contribution in [0.25, 0.3) is 0 Å². The number of hydrogen-bond acceptors (Lipinski definition) is 3. The molecule has 2 nitrogen and oxygen atoms in total. The Bertz CT molecular complexity index is 344. The third-order valence-corrected chi connectivity index (χ3v) is 3.71. The number of thioether (sulfide) groups is 1. The Kier molecular flexibility index (Phi) is 3.66. The Morgan fingerprint density at radius 2 is 2.06 bits per heavy atom. The van der Waals surface area contributed by atoms with Gasteiger partial charge in [-0.05, 0) is 17.7 Å². The third-order valence-electron chi connectivity index (χ3n) is 2.37. The molecule has 1 N–H and O–H groups in total. The molecule has 0 aliphatic carbocycles. The SMILES string of the molecule is CC1CNC(c2ccc(OC(F)F)cc2)S1. The summed E-state index contributed by atoms with van der Waals surface area (Å²) in [6.07, 6.45) is 0. The molecular weight excluding hydrogens is 232 g/mol. The van der Waals surface area contributed by atoms with Gasteiger partial charge in [0.25, 0.3) is 0 Å². The Balaban J connectivity index is 2.02. The summed E-state index contributed by atoms with van der Waals surface area (Å²) < 4.78 is 28.2. The molecule has 2 atom stereocenters. The van der Waals surface area contributed by atoms with Crippen molar-refractivity contribution in [2.24, 2.45) is 0 Å². The monoisotopic (exact) mass is 245 g/mol. The molecule has 0 spiro atoms. The summed E-state index contributed by atoms with van der Waals surface area (Å²) in [4.78, 5) is 0. The van der Waals surface area contributed by atoms with Crippen LogP contribution >= 0.6 is 11.8 Å². The zero-order valence-electron chi connectivity index (χ0n) is 8.82. The van der Waals surface area contributed by atoms with Crippen LogP contribution in [0.5, 0.6) is 5.75 Å². The lowest BCUT2D eigenvalue weighted by molar-refractivity contribution is -0.0498. The summed E-state index contributed by atoms with van der Waals surface area (Å²) in [5, 5.41) is 4.20. The van der Waals surface area contributed by atoms with Crippen LogP contribution in [-0.2, 0) is 0 Å². The van der Waals surface area contributed by atoms with Crippen molar-refractivity contribution in [2.45, 2.75) is 24.2 Å². The topological polar surface area (TPSA) is 21.3 Å². The molecular formula is C11H13F2NOS. The fourth-order valence-corrected chi connectivity index (χ4v) is 2.79. The van der Waals surface area contributed by atoms with Crippen LogP contribution in [-0.4, -0.2) is 18.4 Å². The Labute approximate surface area is 97.4 Å². The zero-order chi connectivity index (χ0) is 11.5. The zero-order valence-corrected chi connectivity index (χ0v) is 9.64. The van der Waals surface area contributed by atoms with Gasteiger partial charge < -0.3 is 10.1 Å². The van der Waals surface area contributed by atoms with Crippen LogP contribution in [0.3, 0.4) is 0 Å². The Hall–Kier alpha value is -0.810. The molecule has 2 rings (SSSR count). The molecule has 0 aromatic heterocycles. The first-order valence-corrected chi connectivity index (χ1v) is 6.03. The van der Waals surface area contributed by atoms with Gasteiger partial charge in [0.05, 0.1) is 5.37 Å². The maximum Gasteiger partial charge on any atom is 0.387 e. The standard InChI is InChI=1S/C11H13F2NOS/c1-7-6-14-10(16-7)8-2-4-9(5-3-8)15-11(12)13/h2-5,7,10-11,14H,6H2,1H3. The normalized spacial score (nSPS) is 25.0. The highest BCUT2D eigenvalue weighted by Gasteiger charge is 2.22. The van der Waals surface area contributed by atoms with Crippen molar-refractivity contribution in [3.05, 3.63) is 29.8 Å². The highest BCUT2D eigenvalue weighted by Crippen LogP contribution is 2.35. The van der Waals surface area contributed by atoms with Crippen LogP contribution in [0, 0.1) is 0 Å². The second-order valence-electron chi connectivity index (χ2n) is 3.68. The van der Waals surface area contributed by atoms with Gasteiger partial charge in [0.2, 0.25) is 0 Å². The molecule has 1 fully saturated rings. The molecule has 1 heterocycles. The molecule has 1 saturated heterocycles. The van der Waals surface area contributed by atoms with Gasteiger partial charge in [0.15, 0.2) is 0 Å². The number of hydrogen-bond donors (Lipinski definition) is 1. The van der Waals surface area contributed by atoms with Crippen molar-refractivity contribution < 1.29 is 13.5 Å². The summed E-state index contributed by atoms with van der Waals surface area (Å²) >= 11 is 1.84. The summed E-state index contributed by atoms with van der Waals surface area (Å²) in [5.41, 5.74) is 1.09. The number of alkyl halides is 2. The van der Waals surface area contributed by atoms with Gasteiger partial charge in [0, 0.05) is 11.8 Å². The van der Waals surface area contributed by atoms with E-state index in [0.717, 1.165) is 12.1 Å². The van der Waals surface area contributed by atoms with Crippen LogP contribution in [0.2, 0.25) is 0 Å². The largest absolute Gasteiger partial charge is 0.435 e. The average molecular weight is 245 g/mol. The van der Waals surface area contributed by atoms with Gasteiger partial charge in [-0.1, -0.05) is 19.1 Å². The smallest absolute Gasteiger partial charge is 0.387 e. The van der Waals surface area contributed by atoms with Crippen LogP contribution < -0.4 is 10.1 Å². The molecule has 1 aliphatic rings. The van der Waals surface area contributed by atoms with E-state index in [9.17, 15) is 8.78 Å².